The molecule has 1 aliphatic heterocycles. The number of ether oxygens (including phenoxy) is 4. The Hall–Kier alpha value is -3.75. The van der Waals surface area contributed by atoms with Crippen molar-refractivity contribution in [2.24, 2.45) is 5.92 Å². The molecule has 0 spiro atoms. The van der Waals surface area contributed by atoms with Gasteiger partial charge in [0, 0.05) is 6.54 Å². The first-order chi connectivity index (χ1) is 16.9. The SMILES string of the molecule is CCOc1ccccc1C(=O)N[C@H](C(=O)OCC(=O)NCCc1ccc2c(c1)OCCO2)C(C)C. The van der Waals surface area contributed by atoms with Crippen molar-refractivity contribution in [2.45, 2.75) is 33.2 Å². The molecule has 0 fully saturated rings. The molecule has 1 heterocycles. The van der Waals surface area contributed by atoms with E-state index in [4.69, 9.17) is 18.9 Å². The molecule has 1 aliphatic rings. The molecular weight excluding hydrogens is 452 g/mol. The standard InChI is InChI=1S/C26H32N2O7/c1-4-32-20-8-6-5-7-19(20)25(30)28-24(17(2)3)26(31)35-16-23(29)27-12-11-18-9-10-21-22(15-18)34-14-13-33-21/h5-10,15,17,24H,4,11-14,16H2,1-3H3,(H,27,29)(H,28,30)/t24-/m0/s1. The van der Waals surface area contributed by atoms with E-state index >= 15 is 0 Å². The number of esters is 1. The fourth-order valence-corrected chi connectivity index (χ4v) is 3.52. The predicted molar refractivity (Wildman–Crippen MR) is 129 cm³/mol. The van der Waals surface area contributed by atoms with E-state index in [1.807, 2.05) is 25.1 Å². The second kappa shape index (κ2) is 12.6. The summed E-state index contributed by atoms with van der Waals surface area (Å²) in [6.45, 7) is 6.78. The number of benzene rings is 2. The molecule has 3 rings (SSSR count). The zero-order valence-electron chi connectivity index (χ0n) is 20.3. The minimum Gasteiger partial charge on any atom is -0.493 e. The van der Waals surface area contributed by atoms with E-state index < -0.39 is 30.4 Å². The molecule has 0 saturated carbocycles. The summed E-state index contributed by atoms with van der Waals surface area (Å²) < 4.78 is 21.7. The van der Waals surface area contributed by atoms with Crippen molar-refractivity contribution in [1.82, 2.24) is 10.6 Å². The van der Waals surface area contributed by atoms with Crippen LogP contribution < -0.4 is 24.8 Å². The van der Waals surface area contributed by atoms with Crippen molar-refractivity contribution in [3.63, 3.8) is 0 Å². The minimum absolute atomic E-state index is 0.246. The van der Waals surface area contributed by atoms with Gasteiger partial charge in [0.25, 0.3) is 11.8 Å². The van der Waals surface area contributed by atoms with Crippen LogP contribution in [0, 0.1) is 5.92 Å². The van der Waals surface area contributed by atoms with Crippen LogP contribution in [0.3, 0.4) is 0 Å². The van der Waals surface area contributed by atoms with Crippen LogP contribution in [-0.4, -0.2) is 56.8 Å². The summed E-state index contributed by atoms with van der Waals surface area (Å²) in [6.07, 6.45) is 0.584. The maximum atomic E-state index is 12.8. The fraction of sp³-hybridized carbons (Fsp3) is 0.423. The highest BCUT2D eigenvalue weighted by molar-refractivity contribution is 5.99. The van der Waals surface area contributed by atoms with E-state index in [0.717, 1.165) is 5.56 Å². The number of hydrogen-bond donors (Lipinski definition) is 2. The lowest BCUT2D eigenvalue weighted by Crippen LogP contribution is -2.46. The van der Waals surface area contributed by atoms with Gasteiger partial charge < -0.3 is 29.6 Å². The van der Waals surface area contributed by atoms with Crippen molar-refractivity contribution in [1.29, 1.82) is 0 Å². The maximum Gasteiger partial charge on any atom is 0.329 e. The number of hydrogen-bond acceptors (Lipinski definition) is 7. The highest BCUT2D eigenvalue weighted by Crippen LogP contribution is 2.30. The van der Waals surface area contributed by atoms with Gasteiger partial charge in [0.1, 0.15) is 25.0 Å². The van der Waals surface area contributed by atoms with E-state index in [1.165, 1.54) is 0 Å². The molecule has 2 aromatic rings. The molecule has 2 aromatic carbocycles. The van der Waals surface area contributed by atoms with E-state index in [-0.39, 0.29) is 5.92 Å². The normalized spacial score (nSPS) is 13.0. The Balaban J connectivity index is 1.46. The molecule has 188 valence electrons. The molecule has 1 atom stereocenters. The Morgan fingerprint density at radius 1 is 1.03 bits per heavy atom. The molecule has 0 aliphatic carbocycles. The molecule has 2 N–H and O–H groups in total. The zero-order chi connectivity index (χ0) is 25.2. The van der Waals surface area contributed by atoms with E-state index in [2.05, 4.69) is 10.6 Å². The minimum atomic E-state index is -0.914. The molecule has 9 nitrogen and oxygen atoms in total. The molecular formula is C26H32N2O7. The molecule has 35 heavy (non-hydrogen) atoms. The smallest absolute Gasteiger partial charge is 0.329 e. The molecule has 0 aromatic heterocycles. The Bertz CT molecular complexity index is 1040. The summed E-state index contributed by atoms with van der Waals surface area (Å²) >= 11 is 0. The molecule has 0 saturated heterocycles. The summed E-state index contributed by atoms with van der Waals surface area (Å²) in [6, 6.07) is 11.5. The predicted octanol–water partition coefficient (Wildman–Crippen LogP) is 2.51. The van der Waals surface area contributed by atoms with Crippen LogP contribution in [0.15, 0.2) is 42.5 Å². The molecule has 9 heteroatoms. The Kier molecular flexibility index (Phi) is 9.34. The quantitative estimate of drug-likeness (QED) is 0.471. The second-order valence-corrected chi connectivity index (χ2v) is 8.31. The van der Waals surface area contributed by atoms with Gasteiger partial charge in [-0.25, -0.2) is 4.79 Å². The first-order valence-electron chi connectivity index (χ1n) is 11.7. The van der Waals surface area contributed by atoms with Crippen LogP contribution in [0.4, 0.5) is 0 Å². The topological polar surface area (TPSA) is 112 Å². The van der Waals surface area contributed by atoms with Gasteiger partial charge in [-0.1, -0.05) is 32.0 Å². The highest BCUT2D eigenvalue weighted by Gasteiger charge is 2.27. The Morgan fingerprint density at radius 2 is 1.77 bits per heavy atom. The summed E-state index contributed by atoms with van der Waals surface area (Å²) in [7, 11) is 0. The molecule has 2 amide bonds. The first kappa shape index (κ1) is 25.9. The van der Waals surface area contributed by atoms with Crippen molar-refractivity contribution in [3.05, 3.63) is 53.6 Å². The van der Waals surface area contributed by atoms with Crippen molar-refractivity contribution in [3.8, 4) is 17.2 Å². The lowest BCUT2D eigenvalue weighted by Gasteiger charge is -2.21. The Labute approximate surface area is 205 Å². The van der Waals surface area contributed by atoms with Gasteiger partial charge in [0.15, 0.2) is 18.1 Å². The van der Waals surface area contributed by atoms with Crippen LogP contribution in [0.2, 0.25) is 0 Å². The largest absolute Gasteiger partial charge is 0.493 e. The van der Waals surface area contributed by atoms with Gasteiger partial charge in [0.2, 0.25) is 0 Å². The summed E-state index contributed by atoms with van der Waals surface area (Å²) in [5.41, 5.74) is 1.31. The molecule has 0 bridgehead atoms. The van der Waals surface area contributed by atoms with Crippen molar-refractivity contribution >= 4 is 17.8 Å². The number of fused-ring (bicyclic) bond motifs is 1. The summed E-state index contributed by atoms with van der Waals surface area (Å²) in [5.74, 6) is 0.0396. The number of para-hydroxylation sites is 1. The van der Waals surface area contributed by atoms with Gasteiger partial charge in [-0.3, -0.25) is 9.59 Å². The van der Waals surface area contributed by atoms with Crippen LogP contribution in [-0.2, 0) is 20.7 Å². The third-order valence-electron chi connectivity index (χ3n) is 5.33. The second-order valence-electron chi connectivity index (χ2n) is 8.31. The van der Waals surface area contributed by atoms with Gasteiger partial charge in [-0.2, -0.15) is 0 Å². The number of nitrogens with one attached hydrogen (secondary N) is 2. The van der Waals surface area contributed by atoms with Crippen LogP contribution >= 0.6 is 0 Å². The average Bonchev–Trinajstić information content (AvgIpc) is 2.86. The maximum absolute atomic E-state index is 12.8. The highest BCUT2D eigenvalue weighted by atomic mass is 16.6. The van der Waals surface area contributed by atoms with E-state index in [1.54, 1.807) is 38.1 Å². The van der Waals surface area contributed by atoms with Crippen LogP contribution in [0.1, 0.15) is 36.7 Å². The average molecular weight is 485 g/mol. The van der Waals surface area contributed by atoms with Gasteiger partial charge in [-0.15, -0.1) is 0 Å². The number of carbonyl (C=O) groups is 3. The first-order valence-corrected chi connectivity index (χ1v) is 11.7. The van der Waals surface area contributed by atoms with Gasteiger partial charge in [0.05, 0.1) is 12.2 Å². The molecule has 0 unspecified atom stereocenters. The van der Waals surface area contributed by atoms with Gasteiger partial charge >= 0.3 is 5.97 Å². The van der Waals surface area contributed by atoms with E-state index in [9.17, 15) is 14.4 Å². The number of rotatable bonds is 11. The van der Waals surface area contributed by atoms with Crippen molar-refractivity contribution in [2.75, 3.05) is 33.0 Å². The van der Waals surface area contributed by atoms with Crippen molar-refractivity contribution < 1.29 is 33.3 Å². The van der Waals surface area contributed by atoms with E-state index in [0.29, 0.717) is 55.6 Å². The fourth-order valence-electron chi connectivity index (χ4n) is 3.52. The third-order valence-corrected chi connectivity index (χ3v) is 5.33. The summed E-state index contributed by atoms with van der Waals surface area (Å²) in [5, 5.41) is 5.43. The lowest BCUT2D eigenvalue weighted by molar-refractivity contribution is -0.151. The number of amides is 2. The lowest BCUT2D eigenvalue weighted by atomic mass is 10.0. The monoisotopic (exact) mass is 484 g/mol. The summed E-state index contributed by atoms with van der Waals surface area (Å²) in [4.78, 5) is 37.6. The third kappa shape index (κ3) is 7.37. The molecule has 0 radical (unpaired) electrons. The van der Waals surface area contributed by atoms with Gasteiger partial charge in [-0.05, 0) is 49.1 Å². The zero-order valence-corrected chi connectivity index (χ0v) is 20.3. The van der Waals surface area contributed by atoms with Crippen LogP contribution in [0.25, 0.3) is 0 Å². The van der Waals surface area contributed by atoms with Crippen LogP contribution in [0.5, 0.6) is 17.2 Å². The Morgan fingerprint density at radius 3 is 2.51 bits per heavy atom. The number of carbonyl (C=O) groups excluding carboxylic acids is 3.